The lowest BCUT2D eigenvalue weighted by Crippen LogP contribution is -2.34. The molecule has 2 aromatic heterocycles. The van der Waals surface area contributed by atoms with E-state index < -0.39 is 0 Å². The maximum Gasteiger partial charge on any atom is 0.158 e. The van der Waals surface area contributed by atoms with E-state index in [1.165, 1.54) is 37.8 Å². The minimum Gasteiger partial charge on any atom is -0.388 e. The molecule has 1 saturated heterocycles. The Morgan fingerprint density at radius 1 is 1.08 bits per heavy atom. The molecule has 1 saturated carbocycles. The zero-order valence-electron chi connectivity index (χ0n) is 15.7. The van der Waals surface area contributed by atoms with Gasteiger partial charge in [0.15, 0.2) is 5.82 Å². The van der Waals surface area contributed by atoms with Gasteiger partial charge in [0, 0.05) is 31.7 Å². The highest BCUT2D eigenvalue weighted by molar-refractivity contribution is 5.05. The average Bonchev–Trinajstić information content (AvgIpc) is 3.29. The van der Waals surface area contributed by atoms with E-state index in [-0.39, 0.29) is 6.61 Å². The number of aliphatic hydroxyl groups excluding tert-OH is 1. The van der Waals surface area contributed by atoms with Crippen LogP contribution in [0.2, 0.25) is 0 Å². The second-order valence-electron chi connectivity index (χ2n) is 7.83. The first-order chi connectivity index (χ1) is 12.8. The summed E-state index contributed by atoms with van der Waals surface area (Å²) in [6.07, 6.45) is 12.9. The van der Waals surface area contributed by atoms with Crippen molar-refractivity contribution in [1.29, 1.82) is 0 Å². The van der Waals surface area contributed by atoms with Crippen LogP contribution in [0.25, 0.3) is 0 Å². The Labute approximate surface area is 155 Å². The van der Waals surface area contributed by atoms with Crippen molar-refractivity contribution >= 4 is 0 Å². The van der Waals surface area contributed by atoms with E-state index in [1.807, 2.05) is 17.9 Å². The van der Waals surface area contributed by atoms with Crippen molar-refractivity contribution in [3.63, 3.8) is 0 Å². The van der Waals surface area contributed by atoms with Gasteiger partial charge in [-0.15, -0.1) is 10.2 Å². The molecule has 0 unspecified atom stereocenters. The highest BCUT2D eigenvalue weighted by Gasteiger charge is 2.26. The van der Waals surface area contributed by atoms with Crippen LogP contribution in [0.1, 0.15) is 74.2 Å². The number of aromatic nitrogens is 5. The summed E-state index contributed by atoms with van der Waals surface area (Å²) in [5, 5.41) is 17.7. The summed E-state index contributed by atoms with van der Waals surface area (Å²) in [6, 6.07) is 0.648. The van der Waals surface area contributed by atoms with Gasteiger partial charge in [0.25, 0.3) is 0 Å². The van der Waals surface area contributed by atoms with E-state index in [1.54, 1.807) is 0 Å². The molecule has 2 fully saturated rings. The molecule has 4 rings (SSSR count). The number of likely N-dealkylation sites (tertiary alicyclic amines) is 1. The average molecular weight is 358 g/mol. The highest BCUT2D eigenvalue weighted by atomic mass is 16.3. The molecule has 1 aliphatic carbocycles. The summed E-state index contributed by atoms with van der Waals surface area (Å²) in [5.41, 5.74) is 1.36. The SMILES string of the molecule is Cn1c(CO)nnc1C1CCN(Cc2cncn2C2CCCCC2)CC1. The Kier molecular flexibility index (Phi) is 5.36. The van der Waals surface area contributed by atoms with Gasteiger partial charge >= 0.3 is 0 Å². The zero-order chi connectivity index (χ0) is 17.9. The number of aliphatic hydroxyl groups is 1. The molecule has 7 nitrogen and oxygen atoms in total. The predicted octanol–water partition coefficient (Wildman–Crippen LogP) is 2.39. The van der Waals surface area contributed by atoms with Crippen molar-refractivity contribution in [3.05, 3.63) is 29.9 Å². The van der Waals surface area contributed by atoms with Crippen LogP contribution in [0.5, 0.6) is 0 Å². The Morgan fingerprint density at radius 2 is 1.85 bits per heavy atom. The van der Waals surface area contributed by atoms with E-state index >= 15 is 0 Å². The second kappa shape index (κ2) is 7.88. The van der Waals surface area contributed by atoms with E-state index in [0.29, 0.717) is 17.8 Å². The Bertz CT molecular complexity index is 709. The minimum absolute atomic E-state index is 0.0481. The summed E-state index contributed by atoms with van der Waals surface area (Å²) < 4.78 is 4.39. The van der Waals surface area contributed by atoms with E-state index in [0.717, 1.165) is 38.3 Å². The van der Waals surface area contributed by atoms with Crippen LogP contribution >= 0.6 is 0 Å². The van der Waals surface area contributed by atoms with Crippen LogP contribution in [-0.4, -0.2) is 47.4 Å². The largest absolute Gasteiger partial charge is 0.388 e. The standard InChI is InChI=1S/C19H30N6O/c1-23-18(13-26)21-22-19(23)15-7-9-24(10-8-15)12-17-11-20-14-25(17)16-5-3-2-4-6-16/h11,14-16,26H,2-10,12-13H2,1H3. The third kappa shape index (κ3) is 3.55. The van der Waals surface area contributed by atoms with Crippen molar-refractivity contribution in [2.45, 2.75) is 70.1 Å². The maximum atomic E-state index is 9.31. The van der Waals surface area contributed by atoms with Crippen LogP contribution in [0.4, 0.5) is 0 Å². The molecule has 0 bridgehead atoms. The van der Waals surface area contributed by atoms with Crippen molar-refractivity contribution in [2.75, 3.05) is 13.1 Å². The van der Waals surface area contributed by atoms with Crippen LogP contribution in [-0.2, 0) is 20.2 Å². The third-order valence-electron chi connectivity index (χ3n) is 6.19. The summed E-state index contributed by atoms with van der Waals surface area (Å²) in [6.45, 7) is 3.08. The molecule has 0 aromatic carbocycles. The number of piperidine rings is 1. The predicted molar refractivity (Wildman–Crippen MR) is 98.5 cm³/mol. The Balaban J connectivity index is 1.36. The van der Waals surface area contributed by atoms with Gasteiger partial charge in [0.1, 0.15) is 12.4 Å². The Hall–Kier alpha value is -1.73. The smallest absolute Gasteiger partial charge is 0.158 e. The first-order valence-corrected chi connectivity index (χ1v) is 9.98. The fourth-order valence-electron chi connectivity index (χ4n) is 4.59. The molecule has 142 valence electrons. The van der Waals surface area contributed by atoms with Crippen molar-refractivity contribution in [3.8, 4) is 0 Å². The van der Waals surface area contributed by atoms with Crippen LogP contribution in [0.3, 0.4) is 0 Å². The molecule has 1 aliphatic heterocycles. The van der Waals surface area contributed by atoms with Crippen LogP contribution in [0.15, 0.2) is 12.5 Å². The number of hydrogen-bond acceptors (Lipinski definition) is 5. The lowest BCUT2D eigenvalue weighted by Gasteiger charge is -2.32. The maximum absolute atomic E-state index is 9.31. The summed E-state index contributed by atoms with van der Waals surface area (Å²) in [4.78, 5) is 6.98. The first-order valence-electron chi connectivity index (χ1n) is 9.98. The topological polar surface area (TPSA) is 72.0 Å². The molecule has 7 heteroatoms. The Morgan fingerprint density at radius 3 is 2.54 bits per heavy atom. The van der Waals surface area contributed by atoms with Gasteiger partial charge in [-0.2, -0.15) is 0 Å². The van der Waals surface area contributed by atoms with Gasteiger partial charge < -0.3 is 14.2 Å². The van der Waals surface area contributed by atoms with E-state index in [9.17, 15) is 5.11 Å². The summed E-state index contributed by atoms with van der Waals surface area (Å²) >= 11 is 0. The summed E-state index contributed by atoms with van der Waals surface area (Å²) in [5.74, 6) is 2.10. The van der Waals surface area contributed by atoms with Crippen LogP contribution < -0.4 is 0 Å². The number of rotatable bonds is 5. The molecule has 2 aromatic rings. The fourth-order valence-corrected chi connectivity index (χ4v) is 4.59. The minimum atomic E-state index is -0.0481. The molecule has 26 heavy (non-hydrogen) atoms. The van der Waals surface area contributed by atoms with Gasteiger partial charge in [-0.1, -0.05) is 19.3 Å². The van der Waals surface area contributed by atoms with Gasteiger partial charge in [0.05, 0.1) is 12.0 Å². The third-order valence-corrected chi connectivity index (χ3v) is 6.19. The van der Waals surface area contributed by atoms with Crippen molar-refractivity contribution in [2.24, 2.45) is 7.05 Å². The zero-order valence-corrected chi connectivity index (χ0v) is 15.7. The van der Waals surface area contributed by atoms with E-state index in [4.69, 9.17) is 0 Å². The number of imidazole rings is 1. The van der Waals surface area contributed by atoms with Gasteiger partial charge in [-0.05, 0) is 38.8 Å². The number of hydrogen-bond donors (Lipinski definition) is 1. The molecule has 1 N–H and O–H groups in total. The molecular weight excluding hydrogens is 328 g/mol. The molecule has 0 spiro atoms. The number of nitrogens with zero attached hydrogens (tertiary/aromatic N) is 6. The van der Waals surface area contributed by atoms with Crippen molar-refractivity contribution < 1.29 is 5.11 Å². The monoisotopic (exact) mass is 358 g/mol. The highest BCUT2D eigenvalue weighted by Crippen LogP contribution is 2.31. The van der Waals surface area contributed by atoms with E-state index in [2.05, 4.69) is 30.8 Å². The molecule has 2 aliphatic rings. The fraction of sp³-hybridized carbons (Fsp3) is 0.737. The lowest BCUT2D eigenvalue weighted by atomic mass is 9.95. The molecule has 0 atom stereocenters. The molecule has 3 heterocycles. The second-order valence-corrected chi connectivity index (χ2v) is 7.83. The van der Waals surface area contributed by atoms with Crippen molar-refractivity contribution in [1.82, 2.24) is 29.2 Å². The molecule has 0 radical (unpaired) electrons. The molecular formula is C19H30N6O. The lowest BCUT2D eigenvalue weighted by molar-refractivity contribution is 0.192. The first kappa shape index (κ1) is 17.7. The van der Waals surface area contributed by atoms with Crippen LogP contribution in [0, 0.1) is 0 Å². The van der Waals surface area contributed by atoms with Gasteiger partial charge in [-0.3, -0.25) is 4.90 Å². The quantitative estimate of drug-likeness (QED) is 0.888. The summed E-state index contributed by atoms with van der Waals surface area (Å²) in [7, 11) is 1.95. The normalized spacial score (nSPS) is 20.7. The van der Waals surface area contributed by atoms with Gasteiger partial charge in [-0.25, -0.2) is 4.98 Å². The molecule has 0 amide bonds. The van der Waals surface area contributed by atoms with Gasteiger partial charge in [0.2, 0.25) is 0 Å².